The van der Waals surface area contributed by atoms with Crippen molar-refractivity contribution in [2.24, 2.45) is 0 Å². The minimum atomic E-state index is -0.495. The topological polar surface area (TPSA) is 94.4 Å². The van der Waals surface area contributed by atoms with Gasteiger partial charge in [-0.15, -0.1) is 0 Å². The Morgan fingerprint density at radius 1 is 1.21 bits per heavy atom. The van der Waals surface area contributed by atoms with Gasteiger partial charge in [0.1, 0.15) is 29.8 Å². The number of rotatable bonds is 7. The van der Waals surface area contributed by atoms with E-state index in [-0.39, 0.29) is 23.1 Å². The van der Waals surface area contributed by atoms with Gasteiger partial charge in [0.05, 0.1) is 36.0 Å². The van der Waals surface area contributed by atoms with E-state index < -0.39 is 5.82 Å². The van der Waals surface area contributed by atoms with Crippen LogP contribution in [0.2, 0.25) is 5.02 Å². The number of nitrogens with zero attached hydrogens (tertiary/aromatic N) is 5. The van der Waals surface area contributed by atoms with Crippen molar-refractivity contribution >= 4 is 39.9 Å². The van der Waals surface area contributed by atoms with Crippen molar-refractivity contribution in [3.05, 3.63) is 72.5 Å². The van der Waals surface area contributed by atoms with Crippen molar-refractivity contribution in [2.45, 2.75) is 25.0 Å². The van der Waals surface area contributed by atoms with Gasteiger partial charge < -0.3 is 19.7 Å². The average Bonchev–Trinajstić information content (AvgIpc) is 3.39. The third-order valence-corrected chi connectivity index (χ3v) is 7.34. The number of carbonyl (C=O) groups excluding carboxylic acids is 1. The lowest BCUT2D eigenvalue weighted by Gasteiger charge is -2.32. The van der Waals surface area contributed by atoms with Crippen molar-refractivity contribution in [3.8, 4) is 16.9 Å². The second-order valence-corrected chi connectivity index (χ2v) is 10.00. The molecule has 4 aromatic rings. The first-order chi connectivity index (χ1) is 19.0. The molecule has 6 rings (SSSR count). The second-order valence-electron chi connectivity index (χ2n) is 9.59. The molecule has 0 unspecified atom stereocenters. The number of likely N-dealkylation sites (tertiary alicyclic amines) is 1. The molecule has 2 aliphatic heterocycles. The number of aromatic nitrogens is 4. The van der Waals surface area contributed by atoms with Crippen LogP contribution in [0.4, 0.5) is 15.9 Å². The Labute approximate surface area is 229 Å². The Morgan fingerprint density at radius 3 is 2.74 bits per heavy atom. The van der Waals surface area contributed by atoms with Crippen LogP contribution in [-0.2, 0) is 9.53 Å². The summed E-state index contributed by atoms with van der Waals surface area (Å²) >= 11 is 5.99. The molecule has 200 valence electrons. The molecule has 2 aliphatic rings. The molecule has 0 saturated carbocycles. The van der Waals surface area contributed by atoms with Gasteiger partial charge in [0.25, 0.3) is 0 Å². The summed E-state index contributed by atoms with van der Waals surface area (Å²) in [4.78, 5) is 22.7. The van der Waals surface area contributed by atoms with Gasteiger partial charge in [-0.25, -0.2) is 14.4 Å². The minimum Gasteiger partial charge on any atom is -0.490 e. The van der Waals surface area contributed by atoms with Gasteiger partial charge in [0.2, 0.25) is 5.91 Å². The van der Waals surface area contributed by atoms with Crippen molar-refractivity contribution in [1.82, 2.24) is 24.6 Å². The number of benzene rings is 2. The summed E-state index contributed by atoms with van der Waals surface area (Å²) in [6, 6.07) is 8.50. The number of fused-ring (bicyclic) bond motifs is 1. The summed E-state index contributed by atoms with van der Waals surface area (Å²) < 4.78 is 27.5. The van der Waals surface area contributed by atoms with Gasteiger partial charge in [-0.05, 0) is 36.4 Å². The van der Waals surface area contributed by atoms with Crippen LogP contribution in [0, 0.1) is 5.82 Å². The Balaban J connectivity index is 1.36. The lowest BCUT2D eigenvalue weighted by molar-refractivity contribution is -0.127. The molecule has 2 saturated heterocycles. The van der Waals surface area contributed by atoms with Gasteiger partial charge in [-0.2, -0.15) is 5.10 Å². The van der Waals surface area contributed by atoms with Crippen molar-refractivity contribution in [3.63, 3.8) is 0 Å². The zero-order chi connectivity index (χ0) is 26.9. The van der Waals surface area contributed by atoms with E-state index in [4.69, 9.17) is 21.1 Å². The van der Waals surface area contributed by atoms with Crippen LogP contribution in [0.25, 0.3) is 22.0 Å². The Bertz CT molecular complexity index is 1550. The average molecular weight is 549 g/mol. The molecule has 1 N–H and O–H groups in total. The number of carbonyl (C=O) groups is 1. The molecule has 11 heteroatoms. The highest BCUT2D eigenvalue weighted by atomic mass is 35.5. The fraction of sp³-hybridized carbons (Fsp3) is 0.286. The lowest BCUT2D eigenvalue weighted by atomic mass is 10.0. The fourth-order valence-electron chi connectivity index (χ4n) is 4.77. The van der Waals surface area contributed by atoms with Crippen LogP contribution >= 0.6 is 11.6 Å². The zero-order valence-corrected chi connectivity index (χ0v) is 21.8. The van der Waals surface area contributed by atoms with Gasteiger partial charge in [0, 0.05) is 54.3 Å². The van der Waals surface area contributed by atoms with Crippen molar-refractivity contribution < 1.29 is 18.7 Å². The van der Waals surface area contributed by atoms with Crippen LogP contribution in [0.1, 0.15) is 18.9 Å². The Hall–Kier alpha value is -4.02. The van der Waals surface area contributed by atoms with E-state index in [2.05, 4.69) is 27.0 Å². The van der Waals surface area contributed by atoms with Crippen molar-refractivity contribution in [1.29, 1.82) is 0 Å². The molecular weight excluding hydrogens is 523 g/mol. The molecule has 2 fully saturated rings. The fourth-order valence-corrected chi connectivity index (χ4v) is 4.95. The van der Waals surface area contributed by atoms with Crippen LogP contribution in [0.5, 0.6) is 5.75 Å². The van der Waals surface area contributed by atoms with E-state index in [1.54, 1.807) is 11.0 Å². The second kappa shape index (κ2) is 10.6. The minimum absolute atomic E-state index is 0.0137. The molecule has 0 bridgehead atoms. The third-order valence-electron chi connectivity index (χ3n) is 7.05. The molecule has 2 aromatic heterocycles. The van der Waals surface area contributed by atoms with E-state index in [1.165, 1.54) is 24.5 Å². The summed E-state index contributed by atoms with van der Waals surface area (Å²) in [5.41, 5.74) is 3.05. The van der Waals surface area contributed by atoms with Crippen molar-refractivity contribution in [2.75, 3.05) is 31.6 Å². The number of nitrogens with one attached hydrogen (secondary N) is 1. The maximum Gasteiger partial charge on any atom is 0.245 e. The number of hydrogen-bond acceptors (Lipinski definition) is 7. The monoisotopic (exact) mass is 548 g/mol. The first-order valence-corrected chi connectivity index (χ1v) is 13.1. The normalized spacial score (nSPS) is 16.2. The van der Waals surface area contributed by atoms with Crippen LogP contribution in [0.3, 0.4) is 0 Å². The largest absolute Gasteiger partial charge is 0.490 e. The standard InChI is InChI=1S/C28H26ClFN6O3/c1-2-27(37)35-7-5-20(6-8-35)39-26-11-22-25(10-21(26)17-12-33-36(13-17)19-14-38-15-19)31-16-32-28(22)34-18-3-4-24(30)23(29)9-18/h2-4,9-13,16,19-20H,1,5-8,14-15H2,(H,31,32,34). The number of amides is 1. The molecular formula is C28H26ClFN6O3. The van der Waals surface area contributed by atoms with E-state index in [0.717, 1.165) is 16.5 Å². The molecule has 0 atom stereocenters. The van der Waals surface area contributed by atoms with Crippen LogP contribution in [-0.4, -0.2) is 63.0 Å². The number of halogens is 2. The molecule has 0 radical (unpaired) electrons. The maximum atomic E-state index is 13.7. The smallest absolute Gasteiger partial charge is 0.245 e. The summed E-state index contributed by atoms with van der Waals surface area (Å²) in [5.74, 6) is 0.633. The predicted molar refractivity (Wildman–Crippen MR) is 146 cm³/mol. The van der Waals surface area contributed by atoms with Gasteiger partial charge >= 0.3 is 0 Å². The van der Waals surface area contributed by atoms with Crippen LogP contribution in [0.15, 0.2) is 61.7 Å². The van der Waals surface area contributed by atoms with E-state index in [9.17, 15) is 9.18 Å². The first-order valence-electron chi connectivity index (χ1n) is 12.7. The number of hydrogen-bond donors (Lipinski definition) is 1. The molecule has 0 spiro atoms. The Morgan fingerprint density at radius 2 is 2.03 bits per heavy atom. The highest BCUT2D eigenvalue weighted by Crippen LogP contribution is 2.38. The molecule has 4 heterocycles. The van der Waals surface area contributed by atoms with Gasteiger partial charge in [-0.1, -0.05) is 18.2 Å². The van der Waals surface area contributed by atoms with E-state index >= 15 is 0 Å². The van der Waals surface area contributed by atoms with Gasteiger partial charge in [0.15, 0.2) is 0 Å². The lowest BCUT2D eigenvalue weighted by Crippen LogP contribution is -2.41. The summed E-state index contributed by atoms with van der Waals surface area (Å²) in [6.07, 6.45) is 7.94. The molecule has 0 aliphatic carbocycles. The molecule has 9 nitrogen and oxygen atoms in total. The van der Waals surface area contributed by atoms with Crippen LogP contribution < -0.4 is 10.1 Å². The SMILES string of the molecule is C=CC(=O)N1CCC(Oc2cc3c(Nc4ccc(F)c(Cl)c4)ncnc3cc2-c2cnn(C3COC3)c2)CC1. The molecule has 1 amide bonds. The quantitative estimate of drug-likeness (QED) is 0.319. The van der Waals surface area contributed by atoms with E-state index in [1.807, 2.05) is 29.2 Å². The third kappa shape index (κ3) is 5.17. The molecule has 2 aromatic carbocycles. The number of anilines is 2. The molecule has 39 heavy (non-hydrogen) atoms. The Kier molecular flexibility index (Phi) is 6.88. The summed E-state index contributed by atoms with van der Waals surface area (Å²) in [5, 5.41) is 8.52. The number of piperidine rings is 1. The van der Waals surface area contributed by atoms with E-state index in [0.29, 0.717) is 61.9 Å². The highest BCUT2D eigenvalue weighted by molar-refractivity contribution is 6.31. The maximum absolute atomic E-state index is 13.7. The summed E-state index contributed by atoms with van der Waals surface area (Å²) in [6.45, 7) is 6.06. The summed E-state index contributed by atoms with van der Waals surface area (Å²) in [7, 11) is 0. The predicted octanol–water partition coefficient (Wildman–Crippen LogP) is 5.16. The zero-order valence-electron chi connectivity index (χ0n) is 21.0. The highest BCUT2D eigenvalue weighted by Gasteiger charge is 2.26. The first kappa shape index (κ1) is 25.3. The van der Waals surface area contributed by atoms with Gasteiger partial charge in [-0.3, -0.25) is 9.48 Å². The number of ether oxygens (including phenoxy) is 2.